The lowest BCUT2D eigenvalue weighted by Crippen LogP contribution is -2.43. The number of hydrogen-bond donors (Lipinski definition) is 3. The van der Waals surface area contributed by atoms with Gasteiger partial charge in [0.05, 0.1) is 18.7 Å². The minimum absolute atomic E-state index is 0.0712. The Hall–Kier alpha value is -6.97. The Morgan fingerprint density at radius 2 is 0.746 bits per heavy atom. The molecule has 0 aliphatic carbocycles. The second-order valence-electron chi connectivity index (χ2n) is 15.6. The number of ether oxygens (including phenoxy) is 1. The summed E-state index contributed by atoms with van der Waals surface area (Å²) in [6, 6.07) is 55.3. The Bertz CT molecular complexity index is 2290. The van der Waals surface area contributed by atoms with Crippen LogP contribution in [0.25, 0.3) is 0 Å². The lowest BCUT2D eigenvalue weighted by Gasteiger charge is -2.22. The number of carbonyl (C=O) groups is 5. The molecule has 3 N–H and O–H groups in total. The molecule has 0 saturated heterocycles. The smallest absolute Gasteiger partial charge is 0.302 e. The maximum atomic E-state index is 13.4. The van der Waals surface area contributed by atoms with Crippen molar-refractivity contribution in [3.63, 3.8) is 0 Å². The first-order valence-electron chi connectivity index (χ1n) is 21.3. The zero-order chi connectivity index (χ0) is 44.7. The molecule has 0 spiro atoms. The highest BCUT2D eigenvalue weighted by molar-refractivity contribution is 5.99. The fourth-order valence-electron chi connectivity index (χ4n) is 7.23. The number of nitrogens with one attached hydrogen (secondary N) is 2. The monoisotopic (exact) mass is 844 g/mol. The van der Waals surface area contributed by atoms with Crippen LogP contribution in [0.3, 0.4) is 0 Å². The molecular formula is C54H56N2O7. The number of rotatable bonds is 21. The van der Waals surface area contributed by atoms with Gasteiger partial charge >= 0.3 is 5.97 Å². The number of amides is 2. The van der Waals surface area contributed by atoms with E-state index in [-0.39, 0.29) is 67.2 Å². The second kappa shape index (κ2) is 25.7. The van der Waals surface area contributed by atoms with Gasteiger partial charge in [0, 0.05) is 43.4 Å². The highest BCUT2D eigenvalue weighted by atomic mass is 16.5. The summed E-state index contributed by atoms with van der Waals surface area (Å²) < 4.78 is 5.25. The predicted molar refractivity (Wildman–Crippen MR) is 246 cm³/mol. The maximum absolute atomic E-state index is 13.4. The van der Waals surface area contributed by atoms with Gasteiger partial charge < -0.3 is 20.5 Å². The van der Waals surface area contributed by atoms with E-state index < -0.39 is 12.1 Å². The molecule has 9 heteroatoms. The molecule has 324 valence electrons. The third-order valence-corrected chi connectivity index (χ3v) is 10.5. The van der Waals surface area contributed by atoms with E-state index in [1.807, 2.05) is 133 Å². The van der Waals surface area contributed by atoms with E-state index in [1.165, 1.54) is 6.92 Å². The van der Waals surface area contributed by atoms with E-state index >= 15 is 0 Å². The van der Waals surface area contributed by atoms with Crippen molar-refractivity contribution in [2.75, 3.05) is 13.2 Å². The first-order chi connectivity index (χ1) is 30.7. The van der Waals surface area contributed by atoms with Crippen LogP contribution in [0, 0.1) is 11.8 Å². The van der Waals surface area contributed by atoms with Crippen LogP contribution in [0.15, 0.2) is 182 Å². The molecule has 0 aliphatic heterocycles. The molecule has 0 heterocycles. The first-order valence-corrected chi connectivity index (χ1v) is 21.3. The van der Waals surface area contributed by atoms with E-state index in [2.05, 4.69) is 10.6 Å². The summed E-state index contributed by atoms with van der Waals surface area (Å²) in [5, 5.41) is 15.7. The normalized spacial score (nSPS) is 12.5. The van der Waals surface area contributed by atoms with Crippen molar-refractivity contribution < 1.29 is 33.8 Å². The highest BCUT2D eigenvalue weighted by Crippen LogP contribution is 2.18. The molecule has 9 nitrogen and oxygen atoms in total. The molecule has 0 radical (unpaired) electrons. The topological polar surface area (TPSA) is 139 Å². The average Bonchev–Trinajstić information content (AvgIpc) is 3.32. The van der Waals surface area contributed by atoms with Gasteiger partial charge in [-0.2, -0.15) is 0 Å². The molecule has 0 aromatic heterocycles. The van der Waals surface area contributed by atoms with Crippen molar-refractivity contribution in [2.24, 2.45) is 11.8 Å². The lowest BCUT2D eigenvalue weighted by atomic mass is 9.90. The first kappa shape index (κ1) is 47.1. The van der Waals surface area contributed by atoms with E-state index in [0.29, 0.717) is 36.8 Å². The average molecular weight is 845 g/mol. The van der Waals surface area contributed by atoms with Crippen LogP contribution >= 0.6 is 0 Å². The summed E-state index contributed by atoms with van der Waals surface area (Å²) in [6.45, 7) is 1.44. The lowest BCUT2D eigenvalue weighted by molar-refractivity contribution is -0.143. The van der Waals surface area contributed by atoms with Gasteiger partial charge in [0.2, 0.25) is 0 Å². The van der Waals surface area contributed by atoms with Crippen molar-refractivity contribution in [3.05, 3.63) is 215 Å². The molecule has 0 unspecified atom stereocenters. The molecule has 0 saturated carbocycles. The Labute approximate surface area is 370 Å². The van der Waals surface area contributed by atoms with Gasteiger partial charge in [0.15, 0.2) is 11.6 Å². The zero-order valence-electron chi connectivity index (χ0n) is 35.7. The van der Waals surface area contributed by atoms with Crippen LogP contribution in [0.4, 0.5) is 0 Å². The number of benzene rings is 6. The van der Waals surface area contributed by atoms with Crippen LogP contribution in [0.1, 0.15) is 62.7 Å². The fraction of sp³-hybridized carbons (Fsp3) is 0.241. The van der Waals surface area contributed by atoms with E-state index in [4.69, 9.17) is 4.74 Å². The van der Waals surface area contributed by atoms with Gasteiger partial charge in [-0.3, -0.25) is 24.0 Å². The number of hydrogen-bond acceptors (Lipinski definition) is 7. The van der Waals surface area contributed by atoms with Gasteiger partial charge in [-0.05, 0) is 78.1 Å². The molecule has 6 aromatic carbocycles. The molecule has 0 aliphatic rings. The van der Waals surface area contributed by atoms with E-state index in [0.717, 1.165) is 22.3 Å². The summed E-state index contributed by atoms with van der Waals surface area (Å²) >= 11 is 0. The van der Waals surface area contributed by atoms with Gasteiger partial charge in [-0.1, -0.05) is 158 Å². The number of aliphatic hydroxyl groups is 1. The number of aliphatic hydroxyl groups excluding tert-OH is 1. The summed E-state index contributed by atoms with van der Waals surface area (Å²) in [4.78, 5) is 63.4. The fourth-order valence-corrected chi connectivity index (χ4v) is 7.23. The van der Waals surface area contributed by atoms with Crippen molar-refractivity contribution in [1.29, 1.82) is 0 Å². The van der Waals surface area contributed by atoms with Gasteiger partial charge in [0.1, 0.15) is 0 Å². The van der Waals surface area contributed by atoms with Gasteiger partial charge in [-0.15, -0.1) is 0 Å². The van der Waals surface area contributed by atoms with Crippen LogP contribution in [-0.2, 0) is 44.8 Å². The Morgan fingerprint density at radius 3 is 1.08 bits per heavy atom. The number of Topliss-reactive ketones (excluding diaryl/α,β-unsaturated/α-hetero) is 2. The molecule has 6 aromatic rings. The van der Waals surface area contributed by atoms with Gasteiger partial charge in [0.25, 0.3) is 11.8 Å². The Morgan fingerprint density at radius 1 is 0.444 bits per heavy atom. The van der Waals surface area contributed by atoms with Crippen LogP contribution < -0.4 is 10.6 Å². The molecule has 0 fully saturated rings. The molecule has 6 rings (SSSR count). The minimum Gasteiger partial charge on any atom is -0.466 e. The van der Waals surface area contributed by atoms with Crippen molar-refractivity contribution >= 4 is 29.4 Å². The zero-order valence-corrected chi connectivity index (χ0v) is 35.7. The number of carbonyl (C=O) groups excluding carboxylic acids is 5. The SMILES string of the molecule is CC(=O)OC[C@@H](CC(=O)[C@H](Cc1ccccc1)NC(=O)c1ccccc1)Cc1ccccc1.O=C(N[C@@H](Cc1ccccc1)C(=O)C[C@H](CO)Cc1ccccc1)c1ccccc1. The molecule has 4 atom stereocenters. The number of ketones is 2. The molecule has 2 amide bonds. The van der Waals surface area contributed by atoms with Crippen molar-refractivity contribution in [3.8, 4) is 0 Å². The van der Waals surface area contributed by atoms with E-state index in [9.17, 15) is 29.1 Å². The highest BCUT2D eigenvalue weighted by Gasteiger charge is 2.27. The molecule has 0 bridgehead atoms. The van der Waals surface area contributed by atoms with Crippen LogP contribution in [0.2, 0.25) is 0 Å². The standard InChI is InChI=1S/C28H29NO4.C26H27NO3/c1-21(30)33-20-24(17-22-11-5-2-6-12-22)19-27(31)26(18-23-13-7-3-8-14-23)29-28(32)25-15-9-4-10-16-25;28-19-22(16-20-10-4-1-5-11-20)18-25(29)24(17-21-12-6-2-7-13-21)27-26(30)23-14-8-3-9-15-23/h2-16,24,26H,17-20H2,1H3,(H,29,32);1-15,22,24,28H,16-19H2,(H,27,30)/t24-,26+;22-,24+/m11/s1. The third-order valence-electron chi connectivity index (χ3n) is 10.5. The largest absolute Gasteiger partial charge is 0.466 e. The van der Waals surface area contributed by atoms with Crippen LogP contribution in [-0.4, -0.2) is 59.8 Å². The van der Waals surface area contributed by atoms with Crippen molar-refractivity contribution in [1.82, 2.24) is 10.6 Å². The molecular weight excluding hydrogens is 789 g/mol. The molecule has 63 heavy (non-hydrogen) atoms. The third kappa shape index (κ3) is 16.8. The summed E-state index contributed by atoms with van der Waals surface area (Å²) in [6.07, 6.45) is 2.43. The quantitative estimate of drug-likeness (QED) is 0.0621. The van der Waals surface area contributed by atoms with Crippen LogP contribution in [0.5, 0.6) is 0 Å². The Kier molecular flexibility index (Phi) is 19.2. The Balaban J connectivity index is 0.000000239. The van der Waals surface area contributed by atoms with Gasteiger partial charge in [-0.25, -0.2) is 0 Å². The summed E-state index contributed by atoms with van der Waals surface area (Å²) in [7, 11) is 0. The summed E-state index contributed by atoms with van der Waals surface area (Å²) in [5.74, 6) is -1.46. The minimum atomic E-state index is -0.685. The van der Waals surface area contributed by atoms with Crippen molar-refractivity contribution in [2.45, 2.75) is 57.5 Å². The number of esters is 1. The van der Waals surface area contributed by atoms with E-state index in [1.54, 1.807) is 48.5 Å². The maximum Gasteiger partial charge on any atom is 0.302 e. The second-order valence-corrected chi connectivity index (χ2v) is 15.6. The summed E-state index contributed by atoms with van der Waals surface area (Å²) in [5.41, 5.74) is 5.11. The predicted octanol–water partition coefficient (Wildman–Crippen LogP) is 8.25.